The van der Waals surface area contributed by atoms with Crippen molar-refractivity contribution in [2.45, 2.75) is 50.1 Å². The Balaban J connectivity index is 2.23. The molecule has 1 N–H and O–H groups in total. The summed E-state index contributed by atoms with van der Waals surface area (Å²) in [5.74, 6) is 0. The van der Waals surface area contributed by atoms with Crippen LogP contribution in [0.1, 0.15) is 38.2 Å². The zero-order valence-corrected chi connectivity index (χ0v) is 15.0. The summed E-state index contributed by atoms with van der Waals surface area (Å²) in [4.78, 5) is 0.358. The van der Waals surface area contributed by atoms with Gasteiger partial charge in [-0.15, -0.1) is 0 Å². The minimum absolute atomic E-state index is 0.142. The van der Waals surface area contributed by atoms with Gasteiger partial charge in [0.15, 0.2) is 0 Å². The van der Waals surface area contributed by atoms with Gasteiger partial charge in [-0.2, -0.15) is 4.31 Å². The second kappa shape index (κ2) is 7.22. The molecule has 1 aromatic rings. The molecule has 1 fully saturated rings. The Morgan fingerprint density at radius 3 is 2.57 bits per heavy atom. The minimum atomic E-state index is -3.42. The van der Waals surface area contributed by atoms with Gasteiger partial charge in [0, 0.05) is 24.1 Å². The van der Waals surface area contributed by atoms with Gasteiger partial charge < -0.3 is 5.32 Å². The summed E-state index contributed by atoms with van der Waals surface area (Å²) in [7, 11) is -1.73. The van der Waals surface area contributed by atoms with Crippen molar-refractivity contribution in [2.75, 3.05) is 13.6 Å². The molecule has 0 atom stereocenters. The van der Waals surface area contributed by atoms with Crippen LogP contribution in [0, 0.1) is 0 Å². The highest BCUT2D eigenvalue weighted by atomic mass is 79.9. The molecule has 1 saturated carbocycles. The van der Waals surface area contributed by atoms with Gasteiger partial charge in [0.25, 0.3) is 0 Å². The fourth-order valence-corrected chi connectivity index (χ4v) is 5.25. The fourth-order valence-electron chi connectivity index (χ4n) is 2.75. The van der Waals surface area contributed by atoms with Crippen LogP contribution in [0.4, 0.5) is 0 Å². The van der Waals surface area contributed by atoms with Crippen LogP contribution in [0.2, 0.25) is 0 Å². The van der Waals surface area contributed by atoms with Crippen LogP contribution in [0.15, 0.2) is 27.6 Å². The van der Waals surface area contributed by atoms with E-state index < -0.39 is 10.0 Å². The second-order valence-corrected chi connectivity index (χ2v) is 8.32. The van der Waals surface area contributed by atoms with Crippen molar-refractivity contribution in [1.82, 2.24) is 9.62 Å². The Bertz CT molecular complexity index is 583. The van der Waals surface area contributed by atoms with E-state index in [1.165, 1.54) is 0 Å². The van der Waals surface area contributed by atoms with Gasteiger partial charge in [0.2, 0.25) is 10.0 Å². The molecule has 0 saturated heterocycles. The van der Waals surface area contributed by atoms with Gasteiger partial charge >= 0.3 is 0 Å². The summed E-state index contributed by atoms with van der Waals surface area (Å²) in [6.07, 6.45) is 4.17. The Morgan fingerprint density at radius 2 is 2.00 bits per heavy atom. The average molecular weight is 375 g/mol. The molecule has 0 spiro atoms. The average Bonchev–Trinajstić information content (AvgIpc) is 2.98. The van der Waals surface area contributed by atoms with E-state index in [2.05, 4.69) is 21.2 Å². The SMILES string of the molecule is CCNCc1ccc(S(=O)(=O)N(C)C2CCCC2)c(Br)c1. The van der Waals surface area contributed by atoms with Crippen LogP contribution in [0.5, 0.6) is 0 Å². The molecule has 4 nitrogen and oxygen atoms in total. The highest BCUT2D eigenvalue weighted by Gasteiger charge is 2.31. The van der Waals surface area contributed by atoms with Gasteiger partial charge in [-0.25, -0.2) is 8.42 Å². The third-order valence-corrected chi connectivity index (χ3v) is 6.96. The molecule has 0 bridgehead atoms. The Labute approximate surface area is 136 Å². The monoisotopic (exact) mass is 374 g/mol. The van der Waals surface area contributed by atoms with Crippen LogP contribution in [0.25, 0.3) is 0 Å². The summed E-state index contributed by atoms with van der Waals surface area (Å²) < 4.78 is 27.7. The highest BCUT2D eigenvalue weighted by Crippen LogP contribution is 2.30. The van der Waals surface area contributed by atoms with Gasteiger partial charge in [-0.05, 0) is 53.0 Å². The van der Waals surface area contributed by atoms with Crippen molar-refractivity contribution in [3.63, 3.8) is 0 Å². The van der Waals surface area contributed by atoms with Crippen LogP contribution in [-0.2, 0) is 16.6 Å². The molecule has 0 radical (unpaired) electrons. The van der Waals surface area contributed by atoms with E-state index in [9.17, 15) is 8.42 Å². The van der Waals surface area contributed by atoms with Crippen LogP contribution in [0.3, 0.4) is 0 Å². The largest absolute Gasteiger partial charge is 0.313 e. The Hall–Kier alpha value is -0.430. The van der Waals surface area contributed by atoms with Crippen molar-refractivity contribution >= 4 is 26.0 Å². The predicted molar refractivity (Wildman–Crippen MR) is 88.7 cm³/mol. The fraction of sp³-hybridized carbons (Fsp3) is 0.600. The zero-order valence-electron chi connectivity index (χ0n) is 12.6. The smallest absolute Gasteiger partial charge is 0.244 e. The third kappa shape index (κ3) is 3.86. The molecular weight excluding hydrogens is 352 g/mol. The molecule has 0 amide bonds. The van der Waals surface area contributed by atoms with E-state index in [-0.39, 0.29) is 6.04 Å². The lowest BCUT2D eigenvalue weighted by molar-refractivity contribution is 0.373. The first-order valence-electron chi connectivity index (χ1n) is 7.44. The lowest BCUT2D eigenvalue weighted by atomic mass is 10.2. The summed E-state index contributed by atoms with van der Waals surface area (Å²) in [5.41, 5.74) is 1.08. The number of rotatable bonds is 6. The first-order chi connectivity index (χ1) is 9.96. The van der Waals surface area contributed by atoms with Crippen LogP contribution in [-0.4, -0.2) is 32.4 Å². The molecule has 0 heterocycles. The van der Waals surface area contributed by atoms with E-state index in [0.717, 1.165) is 44.3 Å². The van der Waals surface area contributed by atoms with Crippen molar-refractivity contribution in [1.29, 1.82) is 0 Å². The molecule has 21 heavy (non-hydrogen) atoms. The van der Waals surface area contributed by atoms with E-state index in [4.69, 9.17) is 0 Å². The first kappa shape index (κ1) is 16.9. The predicted octanol–water partition coefficient (Wildman–Crippen LogP) is 3.12. The summed E-state index contributed by atoms with van der Waals surface area (Å²) >= 11 is 3.42. The molecule has 0 aromatic heterocycles. The summed E-state index contributed by atoms with van der Waals surface area (Å²) in [6, 6.07) is 5.61. The molecule has 2 rings (SSSR count). The van der Waals surface area contributed by atoms with Gasteiger partial charge in [0.05, 0.1) is 4.90 Å². The zero-order chi connectivity index (χ0) is 15.5. The maximum Gasteiger partial charge on any atom is 0.244 e. The summed E-state index contributed by atoms with van der Waals surface area (Å²) in [5, 5.41) is 3.24. The van der Waals surface area contributed by atoms with E-state index in [1.54, 1.807) is 17.4 Å². The molecule has 1 aliphatic carbocycles. The third-order valence-electron chi connectivity index (χ3n) is 4.07. The topological polar surface area (TPSA) is 49.4 Å². The quantitative estimate of drug-likeness (QED) is 0.831. The lowest BCUT2D eigenvalue weighted by Gasteiger charge is -2.24. The molecule has 0 unspecified atom stereocenters. The second-order valence-electron chi connectivity index (χ2n) is 5.50. The standard InChI is InChI=1S/C15H23BrN2O2S/c1-3-17-11-12-8-9-15(14(16)10-12)21(19,20)18(2)13-6-4-5-7-13/h8-10,13,17H,3-7,11H2,1-2H3. The van der Waals surface area contributed by atoms with E-state index >= 15 is 0 Å². The van der Waals surface area contributed by atoms with Crippen LogP contribution < -0.4 is 5.32 Å². The number of hydrogen-bond donors (Lipinski definition) is 1. The van der Waals surface area contributed by atoms with Gasteiger partial charge in [-0.1, -0.05) is 25.8 Å². The van der Waals surface area contributed by atoms with Gasteiger partial charge in [0.1, 0.15) is 0 Å². The van der Waals surface area contributed by atoms with E-state index in [0.29, 0.717) is 9.37 Å². The Kier molecular flexibility index (Phi) is 5.82. The number of nitrogens with zero attached hydrogens (tertiary/aromatic N) is 1. The van der Waals surface area contributed by atoms with Crippen molar-refractivity contribution < 1.29 is 8.42 Å². The van der Waals surface area contributed by atoms with Crippen molar-refractivity contribution in [3.8, 4) is 0 Å². The van der Waals surface area contributed by atoms with Gasteiger partial charge in [-0.3, -0.25) is 0 Å². The molecular formula is C15H23BrN2O2S. The highest BCUT2D eigenvalue weighted by molar-refractivity contribution is 9.10. The number of halogens is 1. The number of benzene rings is 1. The van der Waals surface area contributed by atoms with Crippen LogP contribution >= 0.6 is 15.9 Å². The molecule has 0 aliphatic heterocycles. The lowest BCUT2D eigenvalue weighted by Crippen LogP contribution is -2.35. The minimum Gasteiger partial charge on any atom is -0.313 e. The van der Waals surface area contributed by atoms with Crippen molar-refractivity contribution in [2.24, 2.45) is 0 Å². The first-order valence-corrected chi connectivity index (χ1v) is 9.67. The maximum absolute atomic E-state index is 12.7. The molecule has 1 aromatic carbocycles. The Morgan fingerprint density at radius 1 is 1.33 bits per heavy atom. The summed E-state index contributed by atoms with van der Waals surface area (Å²) in [6.45, 7) is 3.68. The van der Waals surface area contributed by atoms with Crippen molar-refractivity contribution in [3.05, 3.63) is 28.2 Å². The molecule has 6 heteroatoms. The number of nitrogens with one attached hydrogen (secondary N) is 1. The molecule has 118 valence electrons. The number of sulfonamides is 1. The molecule has 1 aliphatic rings. The van der Waals surface area contributed by atoms with E-state index in [1.807, 2.05) is 19.1 Å². The number of hydrogen-bond acceptors (Lipinski definition) is 3. The maximum atomic E-state index is 12.7. The normalized spacial score (nSPS) is 16.8.